The van der Waals surface area contributed by atoms with Gasteiger partial charge in [0.05, 0.1) is 12.1 Å². The van der Waals surface area contributed by atoms with Crippen LogP contribution in [0.1, 0.15) is 16.8 Å². The molecule has 0 saturated carbocycles. The molecule has 0 radical (unpaired) electrons. The van der Waals surface area contributed by atoms with E-state index in [9.17, 15) is 35.5 Å². The Hall–Kier alpha value is -3.37. The normalized spacial score (nSPS) is 12.1. The van der Waals surface area contributed by atoms with Crippen LogP contribution in [0.2, 0.25) is 0 Å². The van der Waals surface area contributed by atoms with Crippen LogP contribution in [0.3, 0.4) is 0 Å². The van der Waals surface area contributed by atoms with E-state index in [1.54, 1.807) is 0 Å². The fraction of sp³-hybridized carbons (Fsp3) is 0.158. The Kier molecular flexibility index (Phi) is 5.55. The molecular formula is C19H12F7N3O. The van der Waals surface area contributed by atoms with Crippen LogP contribution in [-0.2, 0) is 18.9 Å². The molecule has 3 rings (SSSR count). The summed E-state index contributed by atoms with van der Waals surface area (Å²) in [5.41, 5.74) is -3.07. The summed E-state index contributed by atoms with van der Waals surface area (Å²) in [5.74, 6) is -1.07. The molecule has 0 amide bonds. The fourth-order valence-corrected chi connectivity index (χ4v) is 2.54. The van der Waals surface area contributed by atoms with Crippen LogP contribution in [0.5, 0.6) is 0 Å². The van der Waals surface area contributed by atoms with Crippen molar-refractivity contribution in [1.29, 1.82) is 0 Å². The molecule has 158 valence electrons. The maximum Gasteiger partial charge on any atom is 0.433 e. The maximum absolute atomic E-state index is 13.1. The summed E-state index contributed by atoms with van der Waals surface area (Å²) in [5, 5.41) is 2.45. The molecule has 1 N–H and O–H groups in total. The molecule has 0 spiro atoms. The highest BCUT2D eigenvalue weighted by Gasteiger charge is 2.34. The number of benzene rings is 2. The Morgan fingerprint density at radius 3 is 2.00 bits per heavy atom. The largest absolute Gasteiger partial charge is 0.433 e. The second kappa shape index (κ2) is 7.81. The number of aromatic nitrogens is 2. The zero-order valence-corrected chi connectivity index (χ0v) is 14.9. The van der Waals surface area contributed by atoms with Crippen LogP contribution in [0, 0.1) is 5.82 Å². The average Bonchev–Trinajstić information content (AvgIpc) is 2.65. The highest BCUT2D eigenvalue weighted by atomic mass is 19.4. The van der Waals surface area contributed by atoms with Crippen molar-refractivity contribution in [2.75, 3.05) is 5.32 Å². The molecule has 11 heteroatoms. The molecule has 0 saturated heterocycles. The van der Waals surface area contributed by atoms with Crippen molar-refractivity contribution in [1.82, 2.24) is 9.55 Å². The number of anilines is 2. The second-order valence-corrected chi connectivity index (χ2v) is 6.21. The molecule has 0 bridgehead atoms. The molecule has 0 fully saturated rings. The summed E-state index contributed by atoms with van der Waals surface area (Å²) in [7, 11) is 0. The zero-order valence-electron chi connectivity index (χ0n) is 14.9. The summed E-state index contributed by atoms with van der Waals surface area (Å²) in [6.45, 7) is -0.243. The molecule has 1 heterocycles. The van der Waals surface area contributed by atoms with Gasteiger partial charge in [-0.2, -0.15) is 26.3 Å². The minimum absolute atomic E-state index is 0.0120. The van der Waals surface area contributed by atoms with Gasteiger partial charge in [0.2, 0.25) is 5.95 Å². The molecule has 0 unspecified atom stereocenters. The molecule has 1 aromatic heterocycles. The van der Waals surface area contributed by atoms with Gasteiger partial charge in [-0.05, 0) is 42.0 Å². The lowest BCUT2D eigenvalue weighted by Gasteiger charge is -2.16. The van der Waals surface area contributed by atoms with Crippen molar-refractivity contribution in [2.24, 2.45) is 0 Å². The third-order valence-electron chi connectivity index (χ3n) is 4.02. The molecule has 0 atom stereocenters. The van der Waals surface area contributed by atoms with E-state index in [2.05, 4.69) is 10.3 Å². The molecule has 0 aliphatic rings. The van der Waals surface area contributed by atoms with Crippen molar-refractivity contribution in [3.05, 3.63) is 87.6 Å². The summed E-state index contributed by atoms with van der Waals surface area (Å²) < 4.78 is 91.2. The molecule has 2 aromatic carbocycles. The van der Waals surface area contributed by atoms with Crippen LogP contribution < -0.4 is 10.9 Å². The van der Waals surface area contributed by atoms with Crippen LogP contribution >= 0.6 is 0 Å². The van der Waals surface area contributed by atoms with Crippen LogP contribution in [-0.4, -0.2) is 9.55 Å². The Morgan fingerprint density at radius 2 is 1.47 bits per heavy atom. The first-order valence-corrected chi connectivity index (χ1v) is 8.31. The van der Waals surface area contributed by atoms with Crippen molar-refractivity contribution < 1.29 is 30.7 Å². The van der Waals surface area contributed by atoms with Crippen LogP contribution in [0.15, 0.2) is 59.4 Å². The number of nitrogens with zero attached hydrogens (tertiary/aromatic N) is 2. The molecule has 3 aromatic rings. The van der Waals surface area contributed by atoms with Crippen molar-refractivity contribution >= 4 is 11.6 Å². The first kappa shape index (κ1) is 21.3. The van der Waals surface area contributed by atoms with E-state index >= 15 is 0 Å². The van der Waals surface area contributed by atoms with E-state index in [1.165, 1.54) is 12.1 Å². The van der Waals surface area contributed by atoms with Crippen molar-refractivity contribution in [3.8, 4) is 0 Å². The van der Waals surface area contributed by atoms with E-state index in [0.717, 1.165) is 41.0 Å². The van der Waals surface area contributed by atoms with Gasteiger partial charge in [-0.3, -0.25) is 9.36 Å². The van der Waals surface area contributed by atoms with Crippen molar-refractivity contribution in [2.45, 2.75) is 18.9 Å². The number of nitrogens with one attached hydrogen (secondary N) is 1. The lowest BCUT2D eigenvalue weighted by molar-refractivity contribution is -0.141. The lowest BCUT2D eigenvalue weighted by Crippen LogP contribution is -2.27. The minimum atomic E-state index is -4.91. The number of halogens is 7. The van der Waals surface area contributed by atoms with Gasteiger partial charge in [-0.25, -0.2) is 9.37 Å². The Bertz CT molecular complexity index is 1090. The molecule has 0 aliphatic carbocycles. The van der Waals surface area contributed by atoms with E-state index < -0.39 is 40.9 Å². The number of alkyl halides is 6. The predicted octanol–water partition coefficient (Wildman–Crippen LogP) is 5.21. The van der Waals surface area contributed by atoms with Gasteiger partial charge in [0.1, 0.15) is 5.82 Å². The van der Waals surface area contributed by atoms with Gasteiger partial charge in [-0.1, -0.05) is 12.1 Å². The van der Waals surface area contributed by atoms with Crippen molar-refractivity contribution in [3.63, 3.8) is 0 Å². The minimum Gasteiger partial charge on any atom is -0.326 e. The molecule has 0 aliphatic heterocycles. The van der Waals surface area contributed by atoms with Gasteiger partial charge >= 0.3 is 12.4 Å². The summed E-state index contributed by atoms with van der Waals surface area (Å²) >= 11 is 0. The van der Waals surface area contributed by atoms with E-state index in [4.69, 9.17) is 0 Å². The van der Waals surface area contributed by atoms with Gasteiger partial charge in [0, 0.05) is 11.8 Å². The van der Waals surface area contributed by atoms with E-state index in [-0.39, 0.29) is 12.2 Å². The number of hydrogen-bond acceptors (Lipinski definition) is 3. The van der Waals surface area contributed by atoms with Gasteiger partial charge in [0.15, 0.2) is 5.69 Å². The van der Waals surface area contributed by atoms with Crippen LogP contribution in [0.25, 0.3) is 0 Å². The monoisotopic (exact) mass is 431 g/mol. The topological polar surface area (TPSA) is 46.9 Å². The summed E-state index contributed by atoms with van der Waals surface area (Å²) in [4.78, 5) is 15.7. The van der Waals surface area contributed by atoms with Crippen LogP contribution in [0.4, 0.5) is 42.4 Å². The molecular weight excluding hydrogens is 419 g/mol. The van der Waals surface area contributed by atoms with E-state index in [0.29, 0.717) is 11.6 Å². The smallest absolute Gasteiger partial charge is 0.326 e. The lowest BCUT2D eigenvalue weighted by atomic mass is 10.2. The molecule has 4 nitrogen and oxygen atoms in total. The summed E-state index contributed by atoms with van der Waals surface area (Å²) in [6, 6.07) is 8.66. The Balaban J connectivity index is 2.02. The van der Waals surface area contributed by atoms with Gasteiger partial charge < -0.3 is 5.32 Å². The van der Waals surface area contributed by atoms with Gasteiger partial charge in [0.25, 0.3) is 5.56 Å². The SMILES string of the molecule is O=c1cc(C(F)(F)F)nc(Nc2ccc(C(F)(F)F)cc2)n1Cc1ccc(F)cc1. The Labute approximate surface area is 164 Å². The second-order valence-electron chi connectivity index (χ2n) is 6.21. The third kappa shape index (κ3) is 4.97. The quantitative estimate of drug-likeness (QED) is 0.577. The molecule has 30 heavy (non-hydrogen) atoms. The van der Waals surface area contributed by atoms with Gasteiger partial charge in [-0.15, -0.1) is 0 Å². The predicted molar refractivity (Wildman–Crippen MR) is 93.7 cm³/mol. The highest BCUT2D eigenvalue weighted by molar-refractivity contribution is 5.54. The van der Waals surface area contributed by atoms with E-state index in [1.807, 2.05) is 0 Å². The average molecular weight is 431 g/mol. The maximum atomic E-state index is 13.1. The third-order valence-corrected chi connectivity index (χ3v) is 4.02. The number of rotatable bonds is 4. The Morgan fingerprint density at radius 1 is 0.867 bits per heavy atom. The first-order chi connectivity index (χ1) is 13.9. The first-order valence-electron chi connectivity index (χ1n) is 8.31. The standard InChI is InChI=1S/C19H12F7N3O/c20-13-5-1-11(2-6-13)10-29-16(30)9-15(19(24,25)26)28-17(29)27-14-7-3-12(4-8-14)18(21,22)23/h1-9H,10H2,(H,27,28). The number of hydrogen-bond donors (Lipinski definition) is 1. The highest BCUT2D eigenvalue weighted by Crippen LogP contribution is 2.31. The zero-order chi connectivity index (χ0) is 22.1. The fourth-order valence-electron chi connectivity index (χ4n) is 2.54. The summed E-state index contributed by atoms with van der Waals surface area (Å²) in [6.07, 6.45) is -9.50.